The first-order valence-electron chi connectivity index (χ1n) is 8.56. The molecule has 1 aromatic heterocycles. The summed E-state index contributed by atoms with van der Waals surface area (Å²) in [7, 11) is 0. The zero-order valence-electron chi connectivity index (χ0n) is 14.0. The molecule has 1 aliphatic carbocycles. The van der Waals surface area contributed by atoms with Gasteiger partial charge in [-0.25, -0.2) is 4.68 Å². The summed E-state index contributed by atoms with van der Waals surface area (Å²) in [4.78, 5) is 24.2. The lowest BCUT2D eigenvalue weighted by atomic mass is 9.96. The highest BCUT2D eigenvalue weighted by atomic mass is 16.2. The molecule has 1 fully saturated rings. The Morgan fingerprint density at radius 2 is 1.96 bits per heavy atom. The zero-order valence-corrected chi connectivity index (χ0v) is 14.0. The van der Waals surface area contributed by atoms with Gasteiger partial charge in [0, 0.05) is 24.6 Å². The van der Waals surface area contributed by atoms with Crippen LogP contribution in [0.2, 0.25) is 0 Å². The number of amides is 1. The fourth-order valence-electron chi connectivity index (χ4n) is 2.89. The summed E-state index contributed by atoms with van der Waals surface area (Å²) < 4.78 is 1.38. The van der Waals surface area contributed by atoms with Crippen molar-refractivity contribution in [3.63, 3.8) is 0 Å². The number of benzene rings is 1. The maximum atomic E-state index is 12.4. The van der Waals surface area contributed by atoms with E-state index >= 15 is 0 Å². The number of carbonyl (C=O) groups is 1. The van der Waals surface area contributed by atoms with Crippen LogP contribution in [-0.2, 0) is 12.0 Å². The molecular formula is C19H23N3O2. The molecule has 5 nitrogen and oxygen atoms in total. The van der Waals surface area contributed by atoms with E-state index in [0.29, 0.717) is 18.8 Å². The van der Waals surface area contributed by atoms with E-state index < -0.39 is 0 Å². The average Bonchev–Trinajstić information content (AvgIpc) is 3.41. The molecule has 0 bridgehead atoms. The second-order valence-corrected chi connectivity index (χ2v) is 6.46. The van der Waals surface area contributed by atoms with Crippen LogP contribution in [0.15, 0.2) is 47.3 Å². The summed E-state index contributed by atoms with van der Waals surface area (Å²) >= 11 is 0. The van der Waals surface area contributed by atoms with Crippen LogP contribution in [0.25, 0.3) is 0 Å². The minimum absolute atomic E-state index is 0.0631. The summed E-state index contributed by atoms with van der Waals surface area (Å²) in [6.07, 6.45) is 4.01. The van der Waals surface area contributed by atoms with Gasteiger partial charge in [-0.15, -0.1) is 0 Å². The number of carbonyl (C=O) groups excluding carboxylic acids is 1. The third-order valence-electron chi connectivity index (χ3n) is 4.65. The van der Waals surface area contributed by atoms with Gasteiger partial charge in [0.15, 0.2) is 0 Å². The maximum Gasteiger partial charge on any atom is 0.271 e. The van der Waals surface area contributed by atoms with Gasteiger partial charge in [0.2, 0.25) is 0 Å². The third-order valence-corrected chi connectivity index (χ3v) is 4.65. The van der Waals surface area contributed by atoms with E-state index in [1.54, 1.807) is 0 Å². The Morgan fingerprint density at radius 3 is 2.62 bits per heavy atom. The Kier molecular flexibility index (Phi) is 4.79. The van der Waals surface area contributed by atoms with Crippen LogP contribution in [0.3, 0.4) is 0 Å². The van der Waals surface area contributed by atoms with Crippen LogP contribution in [0, 0.1) is 0 Å². The lowest BCUT2D eigenvalue weighted by molar-refractivity contribution is 0.0942. The first-order chi connectivity index (χ1) is 11.6. The second-order valence-electron chi connectivity index (χ2n) is 6.46. The highest BCUT2D eigenvalue weighted by molar-refractivity contribution is 5.92. The molecule has 0 spiro atoms. The Hall–Kier alpha value is -2.43. The Bertz CT molecular complexity index is 764. The average molecular weight is 325 g/mol. The Balaban J connectivity index is 1.66. The van der Waals surface area contributed by atoms with E-state index in [9.17, 15) is 9.59 Å². The number of unbranched alkanes of at least 4 members (excludes halogenated alkanes) is 1. The van der Waals surface area contributed by atoms with Crippen LogP contribution in [-0.4, -0.2) is 22.2 Å². The van der Waals surface area contributed by atoms with E-state index in [0.717, 1.165) is 25.7 Å². The second kappa shape index (κ2) is 6.99. The van der Waals surface area contributed by atoms with Crippen molar-refractivity contribution in [2.75, 3.05) is 6.54 Å². The summed E-state index contributed by atoms with van der Waals surface area (Å²) in [5.41, 5.74) is 1.47. The van der Waals surface area contributed by atoms with E-state index in [-0.39, 0.29) is 16.9 Å². The smallest absolute Gasteiger partial charge is 0.271 e. The molecule has 2 aromatic rings. The first kappa shape index (κ1) is 16.4. The molecule has 1 N–H and O–H groups in total. The molecule has 0 aliphatic heterocycles. The standard InChI is InChI=1S/C19H23N3O2/c1-2-3-13-22-17(23)10-9-16(21-22)18(24)20-14-19(11-12-19)15-7-5-4-6-8-15/h4-10H,2-3,11-14H2,1H3,(H,20,24). The molecule has 0 saturated heterocycles. The Morgan fingerprint density at radius 1 is 1.21 bits per heavy atom. The zero-order chi connectivity index (χ0) is 17.0. The van der Waals surface area contributed by atoms with Crippen molar-refractivity contribution < 1.29 is 4.79 Å². The van der Waals surface area contributed by atoms with Gasteiger partial charge in [0.05, 0.1) is 0 Å². The molecule has 0 radical (unpaired) electrons. The van der Waals surface area contributed by atoms with Gasteiger partial charge in [-0.1, -0.05) is 43.7 Å². The molecule has 1 heterocycles. The molecule has 5 heteroatoms. The van der Waals surface area contributed by atoms with Gasteiger partial charge in [-0.3, -0.25) is 9.59 Å². The molecule has 24 heavy (non-hydrogen) atoms. The fraction of sp³-hybridized carbons (Fsp3) is 0.421. The monoisotopic (exact) mass is 325 g/mol. The van der Waals surface area contributed by atoms with Crippen molar-refractivity contribution in [1.82, 2.24) is 15.1 Å². The van der Waals surface area contributed by atoms with Gasteiger partial charge < -0.3 is 5.32 Å². The van der Waals surface area contributed by atoms with Gasteiger partial charge in [0.25, 0.3) is 11.5 Å². The lowest BCUT2D eigenvalue weighted by Crippen LogP contribution is -2.34. The number of nitrogens with zero attached hydrogens (tertiary/aromatic N) is 2. The van der Waals surface area contributed by atoms with Crippen LogP contribution >= 0.6 is 0 Å². The highest BCUT2D eigenvalue weighted by Gasteiger charge is 2.44. The van der Waals surface area contributed by atoms with Crippen molar-refractivity contribution in [2.24, 2.45) is 0 Å². The van der Waals surface area contributed by atoms with E-state index in [2.05, 4.69) is 29.5 Å². The van der Waals surface area contributed by atoms with E-state index in [1.807, 2.05) is 18.2 Å². The summed E-state index contributed by atoms with van der Waals surface area (Å²) in [6, 6.07) is 13.2. The summed E-state index contributed by atoms with van der Waals surface area (Å²) in [6.45, 7) is 3.20. The summed E-state index contributed by atoms with van der Waals surface area (Å²) in [5, 5.41) is 7.18. The molecular weight excluding hydrogens is 302 g/mol. The van der Waals surface area contributed by atoms with Gasteiger partial charge in [-0.2, -0.15) is 5.10 Å². The molecule has 1 saturated carbocycles. The van der Waals surface area contributed by atoms with Gasteiger partial charge >= 0.3 is 0 Å². The molecule has 3 rings (SSSR count). The number of hydrogen-bond acceptors (Lipinski definition) is 3. The lowest BCUT2D eigenvalue weighted by Gasteiger charge is -2.16. The number of hydrogen-bond donors (Lipinski definition) is 1. The van der Waals surface area contributed by atoms with Crippen molar-refractivity contribution >= 4 is 5.91 Å². The van der Waals surface area contributed by atoms with E-state index in [1.165, 1.54) is 22.4 Å². The van der Waals surface area contributed by atoms with Crippen LogP contribution in [0.1, 0.15) is 48.7 Å². The van der Waals surface area contributed by atoms with Crippen molar-refractivity contribution in [3.8, 4) is 0 Å². The van der Waals surface area contributed by atoms with Crippen LogP contribution in [0.5, 0.6) is 0 Å². The molecule has 0 atom stereocenters. The third kappa shape index (κ3) is 3.55. The number of aryl methyl sites for hydroxylation is 1. The van der Waals surface area contributed by atoms with Gasteiger partial charge in [0.1, 0.15) is 5.69 Å². The topological polar surface area (TPSA) is 64.0 Å². The first-order valence-corrected chi connectivity index (χ1v) is 8.56. The Labute approximate surface area is 141 Å². The van der Waals surface area contributed by atoms with Gasteiger partial charge in [-0.05, 0) is 30.9 Å². The highest BCUT2D eigenvalue weighted by Crippen LogP contribution is 2.47. The molecule has 126 valence electrons. The summed E-state index contributed by atoms with van der Waals surface area (Å²) in [5.74, 6) is -0.220. The minimum Gasteiger partial charge on any atom is -0.350 e. The number of nitrogens with one attached hydrogen (secondary N) is 1. The quantitative estimate of drug-likeness (QED) is 0.851. The largest absolute Gasteiger partial charge is 0.350 e. The molecule has 0 unspecified atom stereocenters. The van der Waals surface area contributed by atoms with Crippen LogP contribution in [0.4, 0.5) is 0 Å². The maximum absolute atomic E-state index is 12.4. The van der Waals surface area contributed by atoms with Crippen molar-refractivity contribution in [1.29, 1.82) is 0 Å². The SMILES string of the molecule is CCCCn1nc(C(=O)NCC2(c3ccccc3)CC2)ccc1=O. The normalized spacial score (nSPS) is 15.0. The van der Waals surface area contributed by atoms with Crippen LogP contribution < -0.4 is 10.9 Å². The molecule has 1 amide bonds. The molecule has 1 aliphatic rings. The predicted molar refractivity (Wildman–Crippen MR) is 93.1 cm³/mol. The predicted octanol–water partition coefficient (Wildman–Crippen LogP) is 2.51. The number of rotatable bonds is 7. The van der Waals surface area contributed by atoms with E-state index in [4.69, 9.17) is 0 Å². The van der Waals surface area contributed by atoms with Crippen molar-refractivity contribution in [3.05, 3.63) is 64.1 Å². The molecule has 1 aromatic carbocycles. The number of aromatic nitrogens is 2. The minimum atomic E-state index is -0.220. The van der Waals surface area contributed by atoms with Crippen molar-refractivity contribution in [2.45, 2.75) is 44.6 Å². The fourth-order valence-corrected chi connectivity index (χ4v) is 2.89.